The van der Waals surface area contributed by atoms with E-state index in [-0.39, 0.29) is 18.2 Å². The van der Waals surface area contributed by atoms with Crippen LogP contribution < -0.4 is 4.57 Å². The van der Waals surface area contributed by atoms with E-state index in [2.05, 4.69) is 27.8 Å². The van der Waals surface area contributed by atoms with Gasteiger partial charge in [-0.05, 0) is 50.6 Å². The Bertz CT molecular complexity index is 1170. The molecule has 0 aliphatic carbocycles. The first-order valence-electron chi connectivity index (χ1n) is 10.1. The molecular formula is C25H23BrNO3S2+. The largest absolute Gasteiger partial charge is 0.466 e. The first-order chi connectivity index (χ1) is 15.4. The molecule has 0 aliphatic heterocycles. The lowest BCUT2D eigenvalue weighted by Gasteiger charge is -2.06. The van der Waals surface area contributed by atoms with Crippen LogP contribution >= 0.6 is 39.0 Å². The number of hydrogen-bond acceptors (Lipinski definition) is 5. The zero-order chi connectivity index (χ0) is 23.1. The van der Waals surface area contributed by atoms with E-state index in [1.165, 1.54) is 11.3 Å². The van der Waals surface area contributed by atoms with Gasteiger partial charge in [-0.1, -0.05) is 33.6 Å². The second kappa shape index (κ2) is 11.5. The highest BCUT2D eigenvalue weighted by Crippen LogP contribution is 2.38. The minimum Gasteiger partial charge on any atom is -0.466 e. The molecular weight excluding hydrogens is 506 g/mol. The van der Waals surface area contributed by atoms with Gasteiger partial charge in [-0.3, -0.25) is 9.59 Å². The van der Waals surface area contributed by atoms with Gasteiger partial charge in [0.25, 0.3) is 0 Å². The topological polar surface area (TPSA) is 47.3 Å². The van der Waals surface area contributed by atoms with E-state index in [0.29, 0.717) is 28.4 Å². The molecule has 0 unspecified atom stereocenters. The molecule has 32 heavy (non-hydrogen) atoms. The van der Waals surface area contributed by atoms with Gasteiger partial charge in [0.2, 0.25) is 11.5 Å². The molecule has 3 rings (SSSR count). The third-order valence-electron chi connectivity index (χ3n) is 4.59. The first kappa shape index (κ1) is 24.2. The number of hydrogen-bond donors (Lipinski definition) is 0. The molecule has 2 heterocycles. The number of thiophene rings is 1. The molecule has 0 saturated carbocycles. The first-order valence-corrected chi connectivity index (χ1v) is 12.7. The van der Waals surface area contributed by atoms with Crippen LogP contribution in [0.5, 0.6) is 0 Å². The van der Waals surface area contributed by atoms with Gasteiger partial charge < -0.3 is 4.74 Å². The van der Waals surface area contributed by atoms with Gasteiger partial charge in [-0.25, -0.2) is 0 Å². The predicted octanol–water partition coefficient (Wildman–Crippen LogP) is 5.55. The zero-order valence-corrected chi connectivity index (χ0v) is 21.3. The minimum absolute atomic E-state index is 0.0260. The van der Waals surface area contributed by atoms with Gasteiger partial charge in [0.15, 0.2) is 12.4 Å². The average Bonchev–Trinajstić information content (AvgIpc) is 3.12. The highest BCUT2D eigenvalue weighted by Gasteiger charge is 2.31. The third kappa shape index (κ3) is 5.89. The summed E-state index contributed by atoms with van der Waals surface area (Å²) in [6, 6.07) is 11.3. The summed E-state index contributed by atoms with van der Waals surface area (Å²) in [5.74, 6) is 6.12. The lowest BCUT2D eigenvalue weighted by atomic mass is 10.0. The Balaban J connectivity index is 2.18. The normalized spacial score (nSPS) is 10.4. The zero-order valence-electron chi connectivity index (χ0n) is 18.1. The Labute approximate surface area is 205 Å². The van der Waals surface area contributed by atoms with E-state index in [9.17, 15) is 9.59 Å². The summed E-state index contributed by atoms with van der Waals surface area (Å²) in [5, 5.41) is 0. The van der Waals surface area contributed by atoms with E-state index in [0.717, 1.165) is 19.9 Å². The van der Waals surface area contributed by atoms with E-state index < -0.39 is 0 Å². The summed E-state index contributed by atoms with van der Waals surface area (Å²) in [7, 11) is 0. The number of nitrogens with zero attached hydrogens (tertiary/aromatic N) is 1. The number of benzene rings is 1. The Kier molecular flexibility index (Phi) is 8.68. The fourth-order valence-corrected chi connectivity index (χ4v) is 5.71. The number of esters is 1. The molecule has 0 atom stereocenters. The molecule has 0 N–H and O–H groups in total. The lowest BCUT2D eigenvalue weighted by molar-refractivity contribution is -0.598. The number of pyridine rings is 1. The monoisotopic (exact) mass is 528 g/mol. The number of carbonyl (C=O) groups is 2. The van der Waals surface area contributed by atoms with Crippen molar-refractivity contribution in [3.63, 3.8) is 0 Å². The van der Waals surface area contributed by atoms with Gasteiger partial charge >= 0.3 is 5.97 Å². The summed E-state index contributed by atoms with van der Waals surface area (Å²) in [4.78, 5) is 26.5. The fraction of sp³-hybridized carbons (Fsp3) is 0.240. The van der Waals surface area contributed by atoms with Crippen molar-refractivity contribution in [1.29, 1.82) is 0 Å². The highest BCUT2D eigenvalue weighted by molar-refractivity contribution is 9.10. The van der Waals surface area contributed by atoms with Crippen LogP contribution in [-0.2, 0) is 16.0 Å². The standard InChI is InChI=1S/C25H23BrNO3S2/c1-4-6-15-31-25-22(27-13-11-17(3)12-14-27)20(16-21(28)30-5-2)24(32-25)23(29)18-7-9-19(26)10-8-18/h7-14H,5,15-16H2,1-3H3/q+1. The lowest BCUT2D eigenvalue weighted by Crippen LogP contribution is -2.31. The van der Waals surface area contributed by atoms with Crippen molar-refractivity contribution in [1.82, 2.24) is 0 Å². The quantitative estimate of drug-likeness (QED) is 0.126. The smallest absolute Gasteiger partial charge is 0.310 e. The number of aromatic nitrogens is 1. The molecule has 1 aromatic carbocycles. The number of halogens is 1. The van der Waals surface area contributed by atoms with Gasteiger partial charge in [0.1, 0.15) is 4.21 Å². The van der Waals surface area contributed by atoms with Gasteiger partial charge in [0, 0.05) is 22.2 Å². The molecule has 0 fully saturated rings. The summed E-state index contributed by atoms with van der Waals surface area (Å²) >= 11 is 6.39. The van der Waals surface area contributed by atoms with E-state index in [1.807, 2.05) is 48.1 Å². The predicted molar refractivity (Wildman–Crippen MR) is 133 cm³/mol. The van der Waals surface area contributed by atoms with Crippen LogP contribution in [0.3, 0.4) is 0 Å². The van der Waals surface area contributed by atoms with Crippen molar-refractivity contribution in [3.8, 4) is 17.5 Å². The number of ether oxygens (including phenoxy) is 1. The molecule has 4 nitrogen and oxygen atoms in total. The highest BCUT2D eigenvalue weighted by atomic mass is 79.9. The second-order valence-corrected chi connectivity index (χ2v) is 10.0. The van der Waals surface area contributed by atoms with Crippen LogP contribution in [0.4, 0.5) is 0 Å². The van der Waals surface area contributed by atoms with Gasteiger partial charge in [-0.2, -0.15) is 4.57 Å². The molecule has 0 aliphatic rings. The van der Waals surface area contributed by atoms with Crippen molar-refractivity contribution >= 4 is 50.8 Å². The third-order valence-corrected chi connectivity index (χ3v) is 7.48. The van der Waals surface area contributed by atoms with Crippen molar-refractivity contribution in [2.24, 2.45) is 0 Å². The van der Waals surface area contributed by atoms with Crippen LogP contribution in [0, 0.1) is 18.8 Å². The molecule has 0 saturated heterocycles. The van der Waals surface area contributed by atoms with Crippen LogP contribution in [0.25, 0.3) is 5.69 Å². The van der Waals surface area contributed by atoms with E-state index in [4.69, 9.17) is 4.74 Å². The van der Waals surface area contributed by atoms with Gasteiger partial charge in [0.05, 0.1) is 29.2 Å². The molecule has 0 amide bonds. The maximum Gasteiger partial charge on any atom is 0.310 e. The number of rotatable bonds is 8. The van der Waals surface area contributed by atoms with Crippen LogP contribution in [0.1, 0.15) is 40.2 Å². The fourth-order valence-electron chi connectivity index (χ4n) is 3.05. The van der Waals surface area contributed by atoms with E-state index in [1.54, 1.807) is 37.7 Å². The Morgan fingerprint density at radius 1 is 1.16 bits per heavy atom. The number of carbonyl (C=O) groups excluding carboxylic acids is 2. The summed E-state index contributed by atoms with van der Waals surface area (Å²) in [5.41, 5.74) is 3.22. The molecule has 7 heteroatoms. The Morgan fingerprint density at radius 2 is 1.84 bits per heavy atom. The molecule has 0 bridgehead atoms. The van der Waals surface area contributed by atoms with Crippen molar-refractivity contribution in [2.75, 3.05) is 12.4 Å². The SMILES string of the molecule is CC#CCSc1sc(C(=O)c2ccc(Br)cc2)c(CC(=O)OCC)c1-[n+]1ccc(C)cc1. The Morgan fingerprint density at radius 3 is 2.47 bits per heavy atom. The van der Waals surface area contributed by atoms with Gasteiger partial charge in [-0.15, -0.1) is 17.3 Å². The maximum absolute atomic E-state index is 13.5. The summed E-state index contributed by atoms with van der Waals surface area (Å²) < 4.78 is 9.05. The minimum atomic E-state index is -0.353. The summed E-state index contributed by atoms with van der Waals surface area (Å²) in [6.07, 6.45) is 3.93. The van der Waals surface area contributed by atoms with Crippen LogP contribution in [0.15, 0.2) is 57.5 Å². The molecule has 2 aromatic heterocycles. The molecule has 3 aromatic rings. The van der Waals surface area contributed by atoms with Crippen LogP contribution in [-0.4, -0.2) is 24.1 Å². The molecule has 0 radical (unpaired) electrons. The van der Waals surface area contributed by atoms with Crippen LogP contribution in [0.2, 0.25) is 0 Å². The average molecular weight is 530 g/mol. The Hall–Kier alpha value is -2.40. The van der Waals surface area contributed by atoms with E-state index >= 15 is 0 Å². The van der Waals surface area contributed by atoms with Crippen molar-refractivity contribution in [2.45, 2.75) is 31.4 Å². The van der Waals surface area contributed by atoms with Crippen molar-refractivity contribution < 1.29 is 18.9 Å². The number of ketones is 1. The molecule has 0 spiro atoms. The molecule has 164 valence electrons. The second-order valence-electron chi connectivity index (χ2n) is 6.86. The summed E-state index contributed by atoms with van der Waals surface area (Å²) in [6.45, 7) is 5.89. The number of thioether (sulfide) groups is 1. The van der Waals surface area contributed by atoms with Crippen molar-refractivity contribution in [3.05, 3.63) is 74.8 Å². The maximum atomic E-state index is 13.5. The number of aryl methyl sites for hydroxylation is 1.